The highest BCUT2D eigenvalue weighted by molar-refractivity contribution is 9.50. The maximum atomic E-state index is 4.41. The molecule has 0 radical (unpaired) electrons. The number of benzene rings is 1. The molecule has 0 N–H and O–H groups in total. The standard InChI is InChI=1S/C12H11BrN2S/c13-16-12(9-5-2-6-10-12)15-14-11-7-3-1-4-8-11/h1-9H,10H2. The third-order valence-electron chi connectivity index (χ3n) is 2.24. The molecule has 0 saturated heterocycles. The predicted octanol–water partition coefficient (Wildman–Crippen LogP) is 5.03. The maximum Gasteiger partial charge on any atom is 0.159 e. The first-order valence-corrected chi connectivity index (χ1v) is 7.63. The maximum absolute atomic E-state index is 4.41. The number of hydrogen-bond donors (Lipinski definition) is 0. The molecule has 0 aromatic heterocycles. The topological polar surface area (TPSA) is 24.7 Å². The Morgan fingerprint density at radius 1 is 1.19 bits per heavy atom. The van der Waals surface area contributed by atoms with Gasteiger partial charge in [-0.05, 0) is 43.2 Å². The van der Waals surface area contributed by atoms with Crippen molar-refractivity contribution >= 4 is 30.7 Å². The van der Waals surface area contributed by atoms with E-state index in [1.54, 1.807) is 0 Å². The molecular weight excluding hydrogens is 284 g/mol. The summed E-state index contributed by atoms with van der Waals surface area (Å²) in [6.45, 7) is 0. The van der Waals surface area contributed by atoms with Crippen molar-refractivity contribution in [2.45, 2.75) is 11.3 Å². The van der Waals surface area contributed by atoms with Crippen LogP contribution in [-0.2, 0) is 0 Å². The van der Waals surface area contributed by atoms with Crippen molar-refractivity contribution in [3.8, 4) is 0 Å². The molecule has 2 nitrogen and oxygen atoms in total. The van der Waals surface area contributed by atoms with E-state index in [1.165, 1.54) is 10.2 Å². The molecule has 1 aromatic carbocycles. The Labute approximate surface area is 107 Å². The van der Waals surface area contributed by atoms with Gasteiger partial charge in [-0.3, -0.25) is 0 Å². The summed E-state index contributed by atoms with van der Waals surface area (Å²) in [5.74, 6) is 0. The Kier molecular flexibility index (Phi) is 3.96. The molecule has 0 aliphatic heterocycles. The Balaban J connectivity index is 2.16. The van der Waals surface area contributed by atoms with Crippen molar-refractivity contribution < 1.29 is 0 Å². The lowest BCUT2D eigenvalue weighted by atomic mass is 10.1. The molecule has 1 unspecified atom stereocenters. The van der Waals surface area contributed by atoms with E-state index in [0.29, 0.717) is 0 Å². The average molecular weight is 295 g/mol. The number of allylic oxidation sites excluding steroid dienone is 2. The summed E-state index contributed by atoms with van der Waals surface area (Å²) in [5, 5.41) is 8.67. The van der Waals surface area contributed by atoms with Crippen molar-refractivity contribution in [1.82, 2.24) is 0 Å². The molecule has 0 heterocycles. The second kappa shape index (κ2) is 5.46. The SMILES string of the molecule is BrSC1(N=Nc2ccccc2)C=CC=CC1. The number of hydrogen-bond acceptors (Lipinski definition) is 3. The van der Waals surface area contributed by atoms with Crippen LogP contribution in [-0.4, -0.2) is 4.87 Å². The molecule has 0 spiro atoms. The van der Waals surface area contributed by atoms with E-state index >= 15 is 0 Å². The second-order valence-corrected chi connectivity index (χ2v) is 5.28. The van der Waals surface area contributed by atoms with Gasteiger partial charge in [-0.15, -0.1) is 0 Å². The molecule has 1 atom stereocenters. The highest BCUT2D eigenvalue weighted by Crippen LogP contribution is 2.39. The fourth-order valence-corrected chi connectivity index (χ4v) is 2.65. The van der Waals surface area contributed by atoms with Gasteiger partial charge in [0, 0.05) is 6.42 Å². The zero-order valence-corrected chi connectivity index (χ0v) is 11.0. The first-order chi connectivity index (χ1) is 7.85. The van der Waals surface area contributed by atoms with Gasteiger partial charge in [0.05, 0.1) is 5.69 Å². The van der Waals surface area contributed by atoms with Gasteiger partial charge in [-0.25, -0.2) is 0 Å². The lowest BCUT2D eigenvalue weighted by Gasteiger charge is -2.21. The van der Waals surface area contributed by atoms with Crippen LogP contribution in [0.2, 0.25) is 0 Å². The van der Waals surface area contributed by atoms with Gasteiger partial charge in [0.1, 0.15) is 0 Å². The van der Waals surface area contributed by atoms with Crippen molar-refractivity contribution in [3.63, 3.8) is 0 Å². The monoisotopic (exact) mass is 294 g/mol. The third-order valence-corrected chi connectivity index (χ3v) is 4.57. The average Bonchev–Trinajstić information content (AvgIpc) is 2.39. The van der Waals surface area contributed by atoms with Crippen LogP contribution in [0.5, 0.6) is 0 Å². The summed E-state index contributed by atoms with van der Waals surface area (Å²) in [5.41, 5.74) is 0.881. The Hall–Kier alpha value is -0.870. The smallest absolute Gasteiger partial charge is 0.159 e. The molecule has 4 heteroatoms. The molecule has 2 rings (SSSR count). The zero-order chi connectivity index (χ0) is 11.3. The molecule has 1 aromatic rings. The van der Waals surface area contributed by atoms with Crippen LogP contribution in [0.1, 0.15) is 6.42 Å². The van der Waals surface area contributed by atoms with Crippen LogP contribution in [0.25, 0.3) is 0 Å². The Morgan fingerprint density at radius 3 is 2.62 bits per heavy atom. The van der Waals surface area contributed by atoms with E-state index in [1.807, 2.05) is 42.5 Å². The minimum Gasteiger partial charge on any atom is -0.165 e. The van der Waals surface area contributed by atoms with E-state index in [-0.39, 0.29) is 4.87 Å². The van der Waals surface area contributed by atoms with E-state index < -0.39 is 0 Å². The van der Waals surface area contributed by atoms with Crippen LogP contribution < -0.4 is 0 Å². The van der Waals surface area contributed by atoms with Gasteiger partial charge >= 0.3 is 0 Å². The first kappa shape index (κ1) is 11.6. The fourth-order valence-electron chi connectivity index (χ4n) is 1.37. The third kappa shape index (κ3) is 2.83. The Bertz CT molecular complexity index is 428. The molecule has 82 valence electrons. The predicted molar refractivity (Wildman–Crippen MR) is 73.1 cm³/mol. The minimum absolute atomic E-state index is 0.301. The fraction of sp³-hybridized carbons (Fsp3) is 0.167. The van der Waals surface area contributed by atoms with Gasteiger partial charge in [-0.2, -0.15) is 10.2 Å². The summed E-state index contributed by atoms with van der Waals surface area (Å²) in [6.07, 6.45) is 9.04. The zero-order valence-electron chi connectivity index (χ0n) is 8.58. The molecule has 0 amide bonds. The van der Waals surface area contributed by atoms with Crippen LogP contribution >= 0.6 is 25.0 Å². The summed E-state index contributed by atoms with van der Waals surface area (Å²) >= 11 is 3.42. The van der Waals surface area contributed by atoms with Crippen molar-refractivity contribution in [2.75, 3.05) is 0 Å². The summed E-state index contributed by atoms with van der Waals surface area (Å²) in [7, 11) is 1.53. The lowest BCUT2D eigenvalue weighted by Crippen LogP contribution is -2.16. The van der Waals surface area contributed by atoms with Gasteiger partial charge in [-0.1, -0.05) is 36.4 Å². The van der Waals surface area contributed by atoms with Crippen molar-refractivity contribution in [3.05, 3.63) is 54.6 Å². The summed E-state index contributed by atoms with van der Waals surface area (Å²) < 4.78 is 0. The highest BCUT2D eigenvalue weighted by atomic mass is 79.9. The molecule has 16 heavy (non-hydrogen) atoms. The highest BCUT2D eigenvalue weighted by Gasteiger charge is 2.26. The molecule has 1 aliphatic carbocycles. The van der Waals surface area contributed by atoms with Crippen molar-refractivity contribution in [1.29, 1.82) is 0 Å². The first-order valence-electron chi connectivity index (χ1n) is 4.97. The second-order valence-electron chi connectivity index (χ2n) is 3.45. The number of halogens is 1. The lowest BCUT2D eigenvalue weighted by molar-refractivity contribution is 0.720. The largest absolute Gasteiger partial charge is 0.165 e. The van der Waals surface area contributed by atoms with Gasteiger partial charge in [0.2, 0.25) is 0 Å². The van der Waals surface area contributed by atoms with E-state index in [9.17, 15) is 0 Å². The number of nitrogens with zero attached hydrogens (tertiary/aromatic N) is 2. The van der Waals surface area contributed by atoms with Crippen molar-refractivity contribution in [2.24, 2.45) is 10.2 Å². The van der Waals surface area contributed by atoms with Gasteiger partial charge < -0.3 is 0 Å². The summed E-state index contributed by atoms with van der Waals surface area (Å²) in [6, 6.07) is 9.77. The normalized spacial score (nSPS) is 24.1. The van der Waals surface area contributed by atoms with Crippen LogP contribution in [0.4, 0.5) is 5.69 Å². The van der Waals surface area contributed by atoms with Crippen LogP contribution in [0.15, 0.2) is 64.9 Å². The molecule has 0 saturated carbocycles. The van der Waals surface area contributed by atoms with E-state index in [2.05, 4.69) is 37.2 Å². The van der Waals surface area contributed by atoms with E-state index in [0.717, 1.165) is 12.1 Å². The van der Waals surface area contributed by atoms with Gasteiger partial charge in [0.25, 0.3) is 0 Å². The van der Waals surface area contributed by atoms with Crippen LogP contribution in [0.3, 0.4) is 0 Å². The summed E-state index contributed by atoms with van der Waals surface area (Å²) in [4.78, 5) is -0.301. The number of rotatable bonds is 3. The quantitative estimate of drug-likeness (QED) is 0.718. The van der Waals surface area contributed by atoms with E-state index in [4.69, 9.17) is 0 Å². The molecule has 0 bridgehead atoms. The van der Waals surface area contributed by atoms with Crippen LogP contribution in [0, 0.1) is 0 Å². The molecule has 0 fully saturated rings. The molecule has 1 aliphatic rings. The minimum atomic E-state index is -0.301. The number of azo groups is 1. The Morgan fingerprint density at radius 2 is 2.00 bits per heavy atom. The molecular formula is C12H11BrN2S. The van der Waals surface area contributed by atoms with Gasteiger partial charge in [0.15, 0.2) is 4.87 Å².